The molecule has 0 saturated heterocycles. The van der Waals surface area contributed by atoms with Crippen LogP contribution < -0.4 is 0 Å². The Morgan fingerprint density at radius 1 is 0.517 bits per heavy atom. The Balaban J connectivity index is 0.918. The molecule has 272 valence electrons. The van der Waals surface area contributed by atoms with Gasteiger partial charge in [-0.1, -0.05) is 177 Å². The van der Waals surface area contributed by atoms with Gasteiger partial charge in [0.05, 0.1) is 0 Å². The van der Waals surface area contributed by atoms with E-state index in [0.29, 0.717) is 0 Å². The summed E-state index contributed by atoms with van der Waals surface area (Å²) in [5.74, 6) is 0.174. The molecule has 1 nitrogen and oxygen atoms in total. The molecule has 0 spiro atoms. The summed E-state index contributed by atoms with van der Waals surface area (Å²) < 4.78 is 6.51. The number of para-hydroxylation sites is 1. The van der Waals surface area contributed by atoms with Crippen molar-refractivity contribution in [2.45, 2.75) is 17.2 Å². The Morgan fingerprint density at radius 2 is 1.14 bits per heavy atom. The number of thioether (sulfide) groups is 1. The van der Waals surface area contributed by atoms with Gasteiger partial charge >= 0.3 is 0 Å². The molecule has 0 saturated carbocycles. The van der Waals surface area contributed by atoms with Crippen molar-refractivity contribution in [3.8, 4) is 22.3 Å². The zero-order valence-corrected chi connectivity index (χ0v) is 32.6. The maximum Gasteiger partial charge on any atom is 0.144 e. The van der Waals surface area contributed by atoms with Gasteiger partial charge in [0.1, 0.15) is 11.2 Å². The van der Waals surface area contributed by atoms with E-state index in [-0.39, 0.29) is 5.92 Å². The van der Waals surface area contributed by atoms with Crippen LogP contribution in [0.4, 0.5) is 0 Å². The third kappa shape index (κ3) is 4.98. The number of rotatable bonds is 5. The molecule has 1 aliphatic rings. The molecular weight excluding hydrogens is 721 g/mol. The van der Waals surface area contributed by atoms with E-state index in [4.69, 9.17) is 4.42 Å². The first-order valence-corrected chi connectivity index (χ1v) is 20.8. The Bertz CT molecular complexity index is 3500. The zero-order valence-electron chi connectivity index (χ0n) is 31.8. The van der Waals surface area contributed by atoms with Gasteiger partial charge in [-0.05, 0) is 123 Å². The fourth-order valence-electron chi connectivity index (χ4n) is 9.72. The van der Waals surface area contributed by atoms with Gasteiger partial charge in [-0.15, -0.1) is 0 Å². The number of hydrogen-bond donors (Lipinski definition) is 0. The molecule has 1 unspecified atom stereocenters. The molecule has 10 aromatic carbocycles. The molecule has 2 heterocycles. The van der Waals surface area contributed by atoms with Crippen LogP contribution in [0.2, 0.25) is 0 Å². The Morgan fingerprint density at radius 3 is 1.93 bits per heavy atom. The minimum absolute atomic E-state index is 0.174. The Hall–Kier alpha value is -6.87. The van der Waals surface area contributed by atoms with Gasteiger partial charge < -0.3 is 4.42 Å². The summed E-state index contributed by atoms with van der Waals surface area (Å²) in [6.07, 6.45) is 0.811. The molecule has 0 fully saturated rings. The van der Waals surface area contributed by atoms with Gasteiger partial charge in [-0.3, -0.25) is 0 Å². The van der Waals surface area contributed by atoms with E-state index in [2.05, 4.69) is 183 Å². The number of furan rings is 1. The van der Waals surface area contributed by atoms with Crippen LogP contribution >= 0.6 is 11.8 Å². The predicted octanol–water partition coefficient (Wildman–Crippen LogP) is 16.5. The standard InChI is InChI=1S/C56H36OS/c1-33(30-50-34(2)58-56-49(50)29-27-36-26-28-48-42-15-9-10-21-51(42)57-55(48)53(36)56)37-22-23-39-32-40(25-24-38(39)31-37)52-44-16-5-7-18-46(44)54(47-19-8-6-17-45(47)52)43-20-11-13-35-12-3-4-14-41(35)43/h3-29,31-32,50H,1-2,30H2. The summed E-state index contributed by atoms with van der Waals surface area (Å²) in [6.45, 7) is 9.25. The van der Waals surface area contributed by atoms with Crippen LogP contribution in [0.15, 0.2) is 203 Å². The van der Waals surface area contributed by atoms with Crippen molar-refractivity contribution in [3.63, 3.8) is 0 Å². The monoisotopic (exact) mass is 756 g/mol. The third-order valence-corrected chi connectivity index (χ3v) is 13.7. The van der Waals surface area contributed by atoms with Crippen molar-refractivity contribution in [2.75, 3.05) is 0 Å². The van der Waals surface area contributed by atoms with Crippen LogP contribution in [-0.2, 0) is 0 Å². The summed E-state index contributed by atoms with van der Waals surface area (Å²) in [7, 11) is 0. The fraction of sp³-hybridized carbons (Fsp3) is 0.0357. The largest absolute Gasteiger partial charge is 0.455 e. The zero-order chi connectivity index (χ0) is 38.5. The summed E-state index contributed by atoms with van der Waals surface area (Å²) in [6, 6.07) is 64.3. The highest BCUT2D eigenvalue weighted by Crippen LogP contribution is 2.55. The van der Waals surface area contributed by atoms with E-state index in [0.717, 1.165) is 38.8 Å². The van der Waals surface area contributed by atoms with E-state index in [1.165, 1.54) is 92.1 Å². The molecule has 1 aromatic heterocycles. The number of fused-ring (bicyclic) bond motifs is 11. The molecule has 11 aromatic rings. The van der Waals surface area contributed by atoms with Gasteiger partial charge in [0.15, 0.2) is 0 Å². The first kappa shape index (κ1) is 33.3. The SMILES string of the molecule is C=C(CC1C(=C)Sc2c1ccc1ccc3c4ccccc4oc3c21)c1ccc2cc(-c3c4ccccc4c(-c4cccc5ccccc45)c4ccccc34)ccc2c1. The van der Waals surface area contributed by atoms with Crippen molar-refractivity contribution >= 4 is 93.1 Å². The van der Waals surface area contributed by atoms with Crippen LogP contribution in [0, 0.1) is 0 Å². The molecule has 0 bridgehead atoms. The van der Waals surface area contributed by atoms with Gasteiger partial charge in [0.25, 0.3) is 0 Å². The molecule has 0 amide bonds. The lowest BCUT2D eigenvalue weighted by Gasteiger charge is -2.19. The predicted molar refractivity (Wildman–Crippen MR) is 250 cm³/mol. The lowest BCUT2D eigenvalue weighted by atomic mass is 9.84. The van der Waals surface area contributed by atoms with Gasteiger partial charge in [0.2, 0.25) is 0 Å². The Kier molecular flexibility index (Phi) is 7.36. The molecular formula is C56H36OS. The van der Waals surface area contributed by atoms with Crippen molar-refractivity contribution in [3.05, 3.63) is 205 Å². The van der Waals surface area contributed by atoms with Crippen molar-refractivity contribution in [1.29, 1.82) is 0 Å². The van der Waals surface area contributed by atoms with Crippen molar-refractivity contribution < 1.29 is 4.42 Å². The average molecular weight is 757 g/mol. The highest BCUT2D eigenvalue weighted by Gasteiger charge is 2.30. The maximum atomic E-state index is 6.51. The molecule has 0 aliphatic carbocycles. The van der Waals surface area contributed by atoms with Crippen molar-refractivity contribution in [2.24, 2.45) is 0 Å². The molecule has 58 heavy (non-hydrogen) atoms. The van der Waals surface area contributed by atoms with Gasteiger partial charge in [-0.2, -0.15) is 0 Å². The second-order valence-corrected chi connectivity index (χ2v) is 16.8. The number of benzene rings is 10. The van der Waals surface area contributed by atoms with Crippen LogP contribution in [0.25, 0.3) is 104 Å². The van der Waals surface area contributed by atoms with Crippen molar-refractivity contribution in [1.82, 2.24) is 0 Å². The topological polar surface area (TPSA) is 13.1 Å². The highest BCUT2D eigenvalue weighted by molar-refractivity contribution is 8.03. The van der Waals surface area contributed by atoms with Gasteiger partial charge in [0, 0.05) is 27.0 Å². The fourth-order valence-corrected chi connectivity index (χ4v) is 11.0. The second-order valence-electron chi connectivity index (χ2n) is 15.7. The lowest BCUT2D eigenvalue weighted by molar-refractivity contribution is 0.672. The van der Waals surface area contributed by atoms with E-state index in [1.54, 1.807) is 11.8 Å². The quantitative estimate of drug-likeness (QED) is 0.162. The summed E-state index contributed by atoms with van der Waals surface area (Å²) in [4.78, 5) is 2.43. The molecule has 12 rings (SSSR count). The smallest absolute Gasteiger partial charge is 0.144 e. The first-order valence-electron chi connectivity index (χ1n) is 20.0. The minimum atomic E-state index is 0.174. The van der Waals surface area contributed by atoms with E-state index >= 15 is 0 Å². The highest BCUT2D eigenvalue weighted by atomic mass is 32.2. The molecule has 0 N–H and O–H groups in total. The molecule has 1 aliphatic heterocycles. The minimum Gasteiger partial charge on any atom is -0.455 e. The van der Waals surface area contributed by atoms with Gasteiger partial charge in [-0.25, -0.2) is 0 Å². The molecule has 1 atom stereocenters. The lowest BCUT2D eigenvalue weighted by Crippen LogP contribution is -1.97. The Labute approximate surface area is 340 Å². The third-order valence-electron chi connectivity index (χ3n) is 12.5. The van der Waals surface area contributed by atoms with Crippen LogP contribution in [0.1, 0.15) is 23.5 Å². The first-order chi connectivity index (χ1) is 28.6. The van der Waals surface area contributed by atoms with E-state index in [1.807, 2.05) is 6.07 Å². The van der Waals surface area contributed by atoms with Crippen LogP contribution in [0.5, 0.6) is 0 Å². The van der Waals surface area contributed by atoms with Crippen LogP contribution in [0.3, 0.4) is 0 Å². The average Bonchev–Trinajstić information content (AvgIpc) is 3.81. The second kappa shape index (κ2) is 12.8. The summed E-state index contributed by atoms with van der Waals surface area (Å²) in [5.41, 5.74) is 10.5. The summed E-state index contributed by atoms with van der Waals surface area (Å²) >= 11 is 1.80. The molecule has 2 heteroatoms. The number of hydrogen-bond acceptors (Lipinski definition) is 2. The van der Waals surface area contributed by atoms with Crippen LogP contribution in [-0.4, -0.2) is 0 Å². The normalized spacial score (nSPS) is 14.1. The number of allylic oxidation sites excluding steroid dienone is 2. The van der Waals surface area contributed by atoms with E-state index in [9.17, 15) is 0 Å². The maximum absolute atomic E-state index is 6.51. The van der Waals surface area contributed by atoms with E-state index < -0.39 is 0 Å². The molecule has 0 radical (unpaired) electrons. The summed E-state index contributed by atoms with van der Waals surface area (Å²) in [5, 5.41) is 14.7.